The summed E-state index contributed by atoms with van der Waals surface area (Å²) < 4.78 is 11.0. The van der Waals surface area contributed by atoms with Gasteiger partial charge in [-0.15, -0.1) is 11.3 Å². The van der Waals surface area contributed by atoms with E-state index in [9.17, 15) is 0 Å². The maximum Gasteiger partial charge on any atom is 0.252 e. The SMILES string of the molecule is CC(C)(C)c1ccc(N(c2ccc(C(C)(C)C)cc2)c2cc3c4c(c2)-n2c5sc6ccccc6c5c5cc(C(C)(C)C)cc(c52)B4c2ccc(C(C)(C)C)cc2N3c2cccc3c2oc2ccccc23)cc1. The molecule has 13 rings (SSSR count). The first kappa shape index (κ1) is 44.9. The summed E-state index contributed by atoms with van der Waals surface area (Å²) in [4.78, 5) is 6.35. The summed E-state index contributed by atoms with van der Waals surface area (Å²) >= 11 is 1.92. The number of anilines is 6. The monoisotopic (exact) mass is 955 g/mol. The number of fused-ring (bicyclic) bond motifs is 12. The van der Waals surface area contributed by atoms with E-state index in [1.165, 1.54) is 81.2 Å². The maximum absolute atomic E-state index is 7.03. The Morgan fingerprint density at radius 2 is 1.03 bits per heavy atom. The minimum atomic E-state index is -0.0965. The van der Waals surface area contributed by atoms with Gasteiger partial charge in [0.05, 0.1) is 16.9 Å². The third-order valence-electron chi connectivity index (χ3n) is 15.8. The first-order valence-electron chi connectivity index (χ1n) is 25.8. The van der Waals surface area contributed by atoms with Gasteiger partial charge < -0.3 is 18.8 Å². The van der Waals surface area contributed by atoms with Gasteiger partial charge in [-0.2, -0.15) is 0 Å². The predicted octanol–water partition coefficient (Wildman–Crippen LogP) is 17.2. The minimum Gasteiger partial charge on any atom is -0.454 e. The molecule has 356 valence electrons. The van der Waals surface area contributed by atoms with Gasteiger partial charge in [0.2, 0.25) is 0 Å². The number of para-hydroxylation sites is 2. The van der Waals surface area contributed by atoms with E-state index in [0.717, 1.165) is 50.4 Å². The van der Waals surface area contributed by atoms with Crippen LogP contribution in [0.3, 0.4) is 0 Å². The molecule has 0 fully saturated rings. The smallest absolute Gasteiger partial charge is 0.252 e. The zero-order valence-electron chi connectivity index (χ0n) is 43.7. The average molecular weight is 956 g/mol. The number of hydrogen-bond donors (Lipinski definition) is 0. The topological polar surface area (TPSA) is 24.6 Å². The molecule has 0 aliphatic carbocycles. The van der Waals surface area contributed by atoms with Crippen LogP contribution >= 0.6 is 11.3 Å². The van der Waals surface area contributed by atoms with E-state index >= 15 is 0 Å². The molecule has 2 aliphatic rings. The molecule has 8 aromatic carbocycles. The maximum atomic E-state index is 7.03. The van der Waals surface area contributed by atoms with Gasteiger partial charge in [-0.1, -0.05) is 174 Å². The van der Waals surface area contributed by atoms with Crippen molar-refractivity contribution < 1.29 is 4.42 Å². The van der Waals surface area contributed by atoms with E-state index in [2.05, 4.69) is 255 Å². The summed E-state index contributed by atoms with van der Waals surface area (Å²) in [5.41, 5.74) is 20.1. The lowest BCUT2D eigenvalue weighted by Crippen LogP contribution is -2.60. The molecule has 0 spiro atoms. The fourth-order valence-electron chi connectivity index (χ4n) is 11.8. The van der Waals surface area contributed by atoms with Gasteiger partial charge in [-0.3, -0.25) is 0 Å². The zero-order chi connectivity index (χ0) is 50.0. The Kier molecular flexibility index (Phi) is 9.51. The molecule has 0 N–H and O–H groups in total. The summed E-state index contributed by atoms with van der Waals surface area (Å²) in [6.07, 6.45) is 0. The normalized spacial score (nSPS) is 13.8. The Bertz CT molecular complexity index is 3970. The molecule has 0 saturated heterocycles. The Morgan fingerprint density at radius 3 is 1.68 bits per heavy atom. The van der Waals surface area contributed by atoms with Crippen molar-refractivity contribution in [3.63, 3.8) is 0 Å². The summed E-state index contributed by atoms with van der Waals surface area (Å²) in [5.74, 6) is 0. The van der Waals surface area contributed by atoms with Crippen molar-refractivity contribution >= 4 is 122 Å². The largest absolute Gasteiger partial charge is 0.454 e. The Labute approximate surface area is 428 Å². The van der Waals surface area contributed by atoms with E-state index in [0.29, 0.717) is 0 Å². The minimum absolute atomic E-state index is 0.00978. The highest BCUT2D eigenvalue weighted by atomic mass is 32.1. The molecule has 5 heterocycles. The van der Waals surface area contributed by atoms with E-state index in [1.807, 2.05) is 11.3 Å². The van der Waals surface area contributed by atoms with Gasteiger partial charge in [0.25, 0.3) is 6.71 Å². The molecule has 6 heteroatoms. The first-order valence-corrected chi connectivity index (χ1v) is 26.6. The molecular formula is C66H62BN3OS. The molecule has 0 bridgehead atoms. The summed E-state index contributed by atoms with van der Waals surface area (Å²) in [5, 5.41) is 6.23. The molecule has 2 aliphatic heterocycles. The fourth-order valence-corrected chi connectivity index (χ4v) is 13.1. The number of rotatable bonds is 4. The number of thiophene rings is 1. The second kappa shape index (κ2) is 15.3. The van der Waals surface area contributed by atoms with Gasteiger partial charge in [-0.05, 0) is 127 Å². The van der Waals surface area contributed by atoms with Gasteiger partial charge in [-0.25, -0.2) is 0 Å². The Hall–Kier alpha value is -7.02. The van der Waals surface area contributed by atoms with Crippen LogP contribution in [0.15, 0.2) is 162 Å². The van der Waals surface area contributed by atoms with Crippen LogP contribution in [-0.4, -0.2) is 11.3 Å². The molecule has 72 heavy (non-hydrogen) atoms. The van der Waals surface area contributed by atoms with E-state index in [1.54, 1.807) is 0 Å². The van der Waals surface area contributed by atoms with Crippen LogP contribution in [0.5, 0.6) is 0 Å². The van der Waals surface area contributed by atoms with Crippen molar-refractivity contribution in [1.82, 2.24) is 4.57 Å². The second-order valence-electron chi connectivity index (χ2n) is 24.7. The van der Waals surface area contributed by atoms with Crippen molar-refractivity contribution in [2.75, 3.05) is 9.80 Å². The standard InChI is InChI=1S/C66H62BN3OS/c1-63(2,3)39-24-29-43(30-25-39)68(44-31-26-40(27-32-44)64(4,5)6)45-37-54-59-55(38-45)70-60-49(58-48-19-14-16-23-57(48)72-62(58)70)34-42(66(10,11)12)35-51(60)67(59)50-33-28-41(65(7,8)9)36-53(50)69(54)52-21-17-20-47-46-18-13-15-22-56(46)71-61(47)52/h13-38H,1-12H3. The molecule has 4 nitrogen and oxygen atoms in total. The quantitative estimate of drug-likeness (QED) is 0.164. The van der Waals surface area contributed by atoms with Crippen molar-refractivity contribution in [1.29, 1.82) is 0 Å². The number of furan rings is 1. The van der Waals surface area contributed by atoms with Crippen molar-refractivity contribution in [2.45, 2.75) is 105 Å². The van der Waals surface area contributed by atoms with Crippen LogP contribution in [-0.2, 0) is 21.7 Å². The molecule has 0 unspecified atom stereocenters. The second-order valence-corrected chi connectivity index (χ2v) is 25.7. The lowest BCUT2D eigenvalue weighted by molar-refractivity contribution is 0.590. The number of aromatic nitrogens is 1. The molecular weight excluding hydrogens is 894 g/mol. The van der Waals surface area contributed by atoms with Crippen LogP contribution in [0.2, 0.25) is 0 Å². The number of nitrogens with zero attached hydrogens (tertiary/aromatic N) is 3. The average Bonchev–Trinajstić information content (AvgIpc) is 4.01. The molecule has 3 aromatic heterocycles. The highest BCUT2D eigenvalue weighted by molar-refractivity contribution is 7.26. The summed E-state index contributed by atoms with van der Waals surface area (Å²) in [7, 11) is 0. The van der Waals surface area contributed by atoms with Crippen molar-refractivity contribution in [3.8, 4) is 5.69 Å². The van der Waals surface area contributed by atoms with Gasteiger partial charge in [0.1, 0.15) is 10.4 Å². The Balaban J connectivity index is 1.21. The van der Waals surface area contributed by atoms with E-state index in [-0.39, 0.29) is 28.4 Å². The number of hydrogen-bond acceptors (Lipinski definition) is 4. The third-order valence-corrected chi connectivity index (χ3v) is 17.0. The molecule has 0 saturated carbocycles. The number of benzene rings is 8. The highest BCUT2D eigenvalue weighted by Gasteiger charge is 2.45. The summed E-state index contributed by atoms with van der Waals surface area (Å²) in [6, 6.07) is 60.3. The first-order chi connectivity index (χ1) is 34.2. The molecule has 11 aromatic rings. The fraction of sp³-hybridized carbons (Fsp3) is 0.242. The van der Waals surface area contributed by atoms with Gasteiger partial charge >= 0.3 is 0 Å². The summed E-state index contributed by atoms with van der Waals surface area (Å²) in [6.45, 7) is 27.8. The predicted molar refractivity (Wildman–Crippen MR) is 312 cm³/mol. The van der Waals surface area contributed by atoms with E-state index in [4.69, 9.17) is 4.42 Å². The Morgan fingerprint density at radius 1 is 0.444 bits per heavy atom. The van der Waals surface area contributed by atoms with E-state index < -0.39 is 0 Å². The van der Waals surface area contributed by atoms with Crippen LogP contribution in [0, 0.1) is 0 Å². The van der Waals surface area contributed by atoms with Crippen molar-refractivity contribution in [2.24, 2.45) is 0 Å². The van der Waals surface area contributed by atoms with Gasteiger partial charge in [0, 0.05) is 60.1 Å². The zero-order valence-corrected chi connectivity index (χ0v) is 44.6. The lowest BCUT2D eigenvalue weighted by atomic mass is 9.33. The van der Waals surface area contributed by atoms with Crippen LogP contribution in [0.1, 0.15) is 105 Å². The van der Waals surface area contributed by atoms with Crippen LogP contribution < -0.4 is 26.2 Å². The molecule has 0 radical (unpaired) electrons. The van der Waals surface area contributed by atoms with Crippen LogP contribution in [0.4, 0.5) is 34.1 Å². The molecule has 0 atom stereocenters. The van der Waals surface area contributed by atoms with Crippen molar-refractivity contribution in [3.05, 3.63) is 180 Å². The van der Waals surface area contributed by atoms with Gasteiger partial charge in [0.15, 0.2) is 5.58 Å². The third kappa shape index (κ3) is 6.70. The highest BCUT2D eigenvalue weighted by Crippen LogP contribution is 2.51. The molecule has 0 amide bonds. The van der Waals surface area contributed by atoms with Crippen LogP contribution in [0.25, 0.3) is 58.8 Å². The lowest BCUT2D eigenvalue weighted by Gasteiger charge is -2.42.